The predicted molar refractivity (Wildman–Crippen MR) is 50.5 cm³/mol. The van der Waals surface area contributed by atoms with Crippen molar-refractivity contribution in [2.75, 3.05) is 19.0 Å². The second-order valence-corrected chi connectivity index (χ2v) is 3.57. The Kier molecular flexibility index (Phi) is 4.17. The molecule has 0 aliphatic carbocycles. The van der Waals surface area contributed by atoms with Gasteiger partial charge in [-0.3, -0.25) is 4.39 Å². The van der Waals surface area contributed by atoms with Crippen LogP contribution in [0.1, 0.15) is 5.82 Å². The van der Waals surface area contributed by atoms with Crippen LogP contribution in [0.25, 0.3) is 0 Å². The highest BCUT2D eigenvalue weighted by Crippen LogP contribution is 2.15. The van der Waals surface area contributed by atoms with Gasteiger partial charge in [-0.25, -0.2) is 0 Å². The molecule has 6 heteroatoms. The van der Waals surface area contributed by atoms with E-state index in [9.17, 15) is 4.39 Å². The summed E-state index contributed by atoms with van der Waals surface area (Å²) in [4.78, 5) is 0. The molecule has 0 fully saturated rings. The minimum Gasteiger partial charge on any atom is -0.329 e. The molecule has 1 heterocycles. The molecule has 0 unspecified atom stereocenters. The number of aryl methyl sites for hydroxylation is 1. The molecule has 1 aromatic rings. The van der Waals surface area contributed by atoms with E-state index >= 15 is 0 Å². The van der Waals surface area contributed by atoms with Crippen molar-refractivity contribution in [3.63, 3.8) is 0 Å². The van der Waals surface area contributed by atoms with Gasteiger partial charge in [-0.15, -0.1) is 10.2 Å². The van der Waals surface area contributed by atoms with E-state index in [2.05, 4.69) is 10.2 Å². The Labute approximate surface area is 80.7 Å². The largest absolute Gasteiger partial charge is 0.329 e. The summed E-state index contributed by atoms with van der Waals surface area (Å²) in [5.74, 6) is 1.25. The van der Waals surface area contributed by atoms with Crippen LogP contribution in [-0.4, -0.2) is 33.7 Å². The van der Waals surface area contributed by atoms with Gasteiger partial charge in [0, 0.05) is 18.8 Å². The number of alkyl halides is 1. The predicted octanol–water partition coefficient (Wildman–Crippen LogP) is 0.607. The van der Waals surface area contributed by atoms with Crippen molar-refractivity contribution in [2.45, 2.75) is 18.6 Å². The van der Waals surface area contributed by atoms with Gasteiger partial charge in [-0.2, -0.15) is 0 Å². The molecule has 0 bridgehead atoms. The highest BCUT2D eigenvalue weighted by Gasteiger charge is 2.07. The van der Waals surface area contributed by atoms with Crippen molar-refractivity contribution in [3.05, 3.63) is 5.82 Å². The maximum atomic E-state index is 11.9. The summed E-state index contributed by atoms with van der Waals surface area (Å²) >= 11 is 1.37. The second kappa shape index (κ2) is 5.18. The molecule has 0 aromatic carbocycles. The van der Waals surface area contributed by atoms with E-state index in [0.29, 0.717) is 18.8 Å². The van der Waals surface area contributed by atoms with Crippen LogP contribution >= 0.6 is 11.8 Å². The van der Waals surface area contributed by atoms with Crippen LogP contribution in [0.2, 0.25) is 0 Å². The number of nitrogens with zero attached hydrogens (tertiary/aromatic N) is 3. The summed E-state index contributed by atoms with van der Waals surface area (Å²) in [6.45, 7) is 2.75. The van der Waals surface area contributed by atoms with Gasteiger partial charge in [0.15, 0.2) is 5.16 Å². The minimum atomic E-state index is -0.348. The van der Waals surface area contributed by atoms with Gasteiger partial charge in [-0.05, 0) is 6.92 Å². The first-order chi connectivity index (χ1) is 6.29. The molecular weight excluding hydrogens is 191 g/mol. The minimum absolute atomic E-state index is 0.348. The van der Waals surface area contributed by atoms with Crippen molar-refractivity contribution < 1.29 is 4.39 Å². The number of hydrogen-bond acceptors (Lipinski definition) is 4. The lowest BCUT2D eigenvalue weighted by molar-refractivity contribution is 0.531. The Morgan fingerprint density at radius 2 is 2.31 bits per heavy atom. The molecule has 0 saturated carbocycles. The lowest BCUT2D eigenvalue weighted by Gasteiger charge is -2.04. The molecule has 13 heavy (non-hydrogen) atoms. The standard InChI is InChI=1S/C7H13FN4S/c1-6-10-11-7(13-5-2-8)12(6)4-3-9/h2-5,9H2,1H3. The third-order valence-electron chi connectivity index (χ3n) is 1.56. The summed E-state index contributed by atoms with van der Waals surface area (Å²) in [6.07, 6.45) is 0. The molecule has 0 saturated heterocycles. The molecule has 0 atom stereocenters. The molecular formula is C7H13FN4S. The number of hydrogen-bond donors (Lipinski definition) is 1. The van der Waals surface area contributed by atoms with E-state index in [1.807, 2.05) is 11.5 Å². The number of aromatic nitrogens is 3. The van der Waals surface area contributed by atoms with E-state index in [4.69, 9.17) is 5.73 Å². The van der Waals surface area contributed by atoms with Crippen molar-refractivity contribution in [1.82, 2.24) is 14.8 Å². The van der Waals surface area contributed by atoms with Crippen LogP contribution < -0.4 is 5.73 Å². The molecule has 0 aliphatic rings. The summed E-state index contributed by atoms with van der Waals surface area (Å²) in [7, 11) is 0. The Morgan fingerprint density at radius 1 is 1.54 bits per heavy atom. The Morgan fingerprint density at radius 3 is 2.92 bits per heavy atom. The second-order valence-electron chi connectivity index (χ2n) is 2.51. The Hall–Kier alpha value is -0.620. The van der Waals surface area contributed by atoms with Gasteiger partial charge in [0.2, 0.25) is 0 Å². The van der Waals surface area contributed by atoms with E-state index in [1.165, 1.54) is 11.8 Å². The van der Waals surface area contributed by atoms with Crippen molar-refractivity contribution >= 4 is 11.8 Å². The quantitative estimate of drug-likeness (QED) is 0.714. The van der Waals surface area contributed by atoms with Crippen LogP contribution in [0.4, 0.5) is 4.39 Å². The monoisotopic (exact) mass is 204 g/mol. The maximum Gasteiger partial charge on any atom is 0.191 e. The zero-order valence-electron chi connectivity index (χ0n) is 7.53. The summed E-state index contributed by atoms with van der Waals surface area (Å²) in [6, 6.07) is 0. The normalized spacial score (nSPS) is 10.7. The first-order valence-corrected chi connectivity index (χ1v) is 5.06. The van der Waals surface area contributed by atoms with Crippen LogP contribution in [-0.2, 0) is 6.54 Å². The average molecular weight is 204 g/mol. The van der Waals surface area contributed by atoms with Gasteiger partial charge < -0.3 is 10.3 Å². The number of halogens is 1. The summed E-state index contributed by atoms with van der Waals surface area (Å²) < 4.78 is 13.8. The zero-order valence-corrected chi connectivity index (χ0v) is 8.35. The Bertz CT molecular complexity index is 263. The number of thioether (sulfide) groups is 1. The first kappa shape index (κ1) is 10.5. The summed E-state index contributed by atoms with van der Waals surface area (Å²) in [5, 5.41) is 8.58. The van der Waals surface area contributed by atoms with E-state index < -0.39 is 0 Å². The van der Waals surface area contributed by atoms with Crippen LogP contribution in [0.3, 0.4) is 0 Å². The van der Waals surface area contributed by atoms with E-state index in [-0.39, 0.29) is 6.67 Å². The van der Waals surface area contributed by atoms with Crippen molar-refractivity contribution in [3.8, 4) is 0 Å². The smallest absolute Gasteiger partial charge is 0.191 e. The van der Waals surface area contributed by atoms with Crippen LogP contribution in [0.15, 0.2) is 5.16 Å². The number of rotatable bonds is 5. The van der Waals surface area contributed by atoms with Gasteiger partial charge in [0.25, 0.3) is 0 Å². The molecule has 1 aromatic heterocycles. The maximum absolute atomic E-state index is 11.9. The summed E-state index contributed by atoms with van der Waals surface area (Å²) in [5.41, 5.74) is 5.43. The molecule has 0 amide bonds. The van der Waals surface area contributed by atoms with Gasteiger partial charge >= 0.3 is 0 Å². The fraction of sp³-hybridized carbons (Fsp3) is 0.714. The van der Waals surface area contributed by atoms with Gasteiger partial charge in [0.1, 0.15) is 5.82 Å². The molecule has 0 radical (unpaired) electrons. The molecule has 0 spiro atoms. The van der Waals surface area contributed by atoms with Crippen LogP contribution in [0, 0.1) is 6.92 Å². The fourth-order valence-corrected chi connectivity index (χ4v) is 1.72. The highest BCUT2D eigenvalue weighted by molar-refractivity contribution is 7.99. The number of nitrogens with two attached hydrogens (primary N) is 1. The Balaban J connectivity index is 2.68. The topological polar surface area (TPSA) is 56.7 Å². The molecule has 4 nitrogen and oxygen atoms in total. The zero-order chi connectivity index (χ0) is 9.68. The van der Waals surface area contributed by atoms with Gasteiger partial charge in [0.05, 0.1) is 6.67 Å². The van der Waals surface area contributed by atoms with Crippen molar-refractivity contribution in [1.29, 1.82) is 0 Å². The van der Waals surface area contributed by atoms with E-state index in [0.717, 1.165) is 11.0 Å². The average Bonchev–Trinajstić information content (AvgIpc) is 2.46. The fourth-order valence-electron chi connectivity index (χ4n) is 0.985. The molecule has 2 N–H and O–H groups in total. The first-order valence-electron chi connectivity index (χ1n) is 4.08. The lowest BCUT2D eigenvalue weighted by Crippen LogP contribution is -2.12. The SMILES string of the molecule is Cc1nnc(SCCF)n1CCN. The molecule has 0 aliphatic heterocycles. The van der Waals surface area contributed by atoms with Gasteiger partial charge in [-0.1, -0.05) is 11.8 Å². The lowest BCUT2D eigenvalue weighted by atomic mass is 10.6. The third-order valence-corrected chi connectivity index (χ3v) is 2.48. The molecule has 74 valence electrons. The highest BCUT2D eigenvalue weighted by atomic mass is 32.2. The van der Waals surface area contributed by atoms with Crippen molar-refractivity contribution in [2.24, 2.45) is 5.73 Å². The van der Waals surface area contributed by atoms with E-state index in [1.54, 1.807) is 0 Å². The third kappa shape index (κ3) is 2.67. The molecule has 1 rings (SSSR count). The van der Waals surface area contributed by atoms with Crippen LogP contribution in [0.5, 0.6) is 0 Å².